The molecule has 1 unspecified atom stereocenters. The summed E-state index contributed by atoms with van der Waals surface area (Å²) in [7, 11) is -2.84. The Kier molecular flexibility index (Phi) is 3.20. The average Bonchev–Trinajstić information content (AvgIpc) is 2.61. The summed E-state index contributed by atoms with van der Waals surface area (Å²) < 4.78 is 22.7. The van der Waals surface area contributed by atoms with Gasteiger partial charge in [-0.15, -0.1) is 0 Å². The molecule has 1 fully saturated rings. The maximum atomic E-state index is 11.3. The normalized spacial score (nSPS) is 23.4. The second-order valence-electron chi connectivity index (χ2n) is 4.07. The number of aromatic nitrogens is 2. The SMILES string of the molecule is NCCc1ncc(C2CCS(=O)(=O)C2)cn1. The molecule has 0 radical (unpaired) electrons. The molecule has 0 bridgehead atoms. The van der Waals surface area contributed by atoms with Gasteiger partial charge in [-0.25, -0.2) is 18.4 Å². The Morgan fingerprint density at radius 3 is 2.56 bits per heavy atom. The second-order valence-corrected chi connectivity index (χ2v) is 6.30. The van der Waals surface area contributed by atoms with E-state index in [1.165, 1.54) is 0 Å². The molecule has 1 aromatic rings. The molecule has 2 rings (SSSR count). The molecule has 0 spiro atoms. The van der Waals surface area contributed by atoms with Gasteiger partial charge >= 0.3 is 0 Å². The van der Waals surface area contributed by atoms with Gasteiger partial charge in [0.15, 0.2) is 9.84 Å². The highest BCUT2D eigenvalue weighted by atomic mass is 32.2. The first-order valence-corrected chi connectivity index (χ1v) is 7.14. The summed E-state index contributed by atoms with van der Waals surface area (Å²) in [6.07, 6.45) is 4.79. The molecule has 1 atom stereocenters. The molecule has 5 nitrogen and oxygen atoms in total. The molecule has 1 aliphatic rings. The van der Waals surface area contributed by atoms with E-state index in [-0.39, 0.29) is 17.4 Å². The first kappa shape index (κ1) is 11.5. The molecule has 0 aromatic carbocycles. The lowest BCUT2D eigenvalue weighted by Crippen LogP contribution is -2.08. The van der Waals surface area contributed by atoms with Gasteiger partial charge in [-0.2, -0.15) is 0 Å². The molecule has 1 aromatic heterocycles. The highest BCUT2D eigenvalue weighted by Crippen LogP contribution is 2.27. The van der Waals surface area contributed by atoms with Gasteiger partial charge < -0.3 is 5.73 Å². The van der Waals surface area contributed by atoms with Crippen LogP contribution in [0, 0.1) is 0 Å². The largest absolute Gasteiger partial charge is 0.330 e. The van der Waals surface area contributed by atoms with Gasteiger partial charge in [0, 0.05) is 24.7 Å². The number of rotatable bonds is 3. The zero-order valence-electron chi connectivity index (χ0n) is 8.96. The fourth-order valence-corrected chi connectivity index (χ4v) is 3.67. The third-order valence-electron chi connectivity index (χ3n) is 2.80. The molecule has 1 saturated heterocycles. The van der Waals surface area contributed by atoms with Gasteiger partial charge in [0.1, 0.15) is 5.82 Å². The minimum absolute atomic E-state index is 0.0666. The molecule has 2 heterocycles. The topological polar surface area (TPSA) is 85.9 Å². The van der Waals surface area contributed by atoms with E-state index in [2.05, 4.69) is 9.97 Å². The molecule has 0 aliphatic carbocycles. The van der Waals surface area contributed by atoms with Crippen molar-refractivity contribution in [2.24, 2.45) is 5.73 Å². The van der Waals surface area contributed by atoms with Crippen LogP contribution in [0.15, 0.2) is 12.4 Å². The number of hydrogen-bond donors (Lipinski definition) is 1. The van der Waals surface area contributed by atoms with Crippen molar-refractivity contribution in [1.82, 2.24) is 9.97 Å². The minimum atomic E-state index is -2.84. The van der Waals surface area contributed by atoms with Gasteiger partial charge in [0.2, 0.25) is 0 Å². The maximum Gasteiger partial charge on any atom is 0.150 e. The fourth-order valence-electron chi connectivity index (χ4n) is 1.89. The van der Waals surface area contributed by atoms with E-state index < -0.39 is 9.84 Å². The predicted octanol–water partition coefficient (Wildman–Crippen LogP) is -0.120. The first-order valence-electron chi connectivity index (χ1n) is 5.32. The Bertz CT molecular complexity index is 455. The lowest BCUT2D eigenvalue weighted by atomic mass is 10.0. The van der Waals surface area contributed by atoms with Crippen molar-refractivity contribution < 1.29 is 8.42 Å². The Morgan fingerprint density at radius 1 is 1.38 bits per heavy atom. The lowest BCUT2D eigenvalue weighted by Gasteiger charge is -2.07. The van der Waals surface area contributed by atoms with Crippen molar-refractivity contribution in [3.8, 4) is 0 Å². The number of sulfone groups is 1. The number of hydrogen-bond acceptors (Lipinski definition) is 5. The van der Waals surface area contributed by atoms with Crippen LogP contribution in [0.4, 0.5) is 0 Å². The quantitative estimate of drug-likeness (QED) is 0.797. The molecule has 0 saturated carbocycles. The highest BCUT2D eigenvalue weighted by molar-refractivity contribution is 7.91. The van der Waals surface area contributed by atoms with Crippen molar-refractivity contribution in [2.45, 2.75) is 18.8 Å². The van der Waals surface area contributed by atoms with Gasteiger partial charge in [-0.05, 0) is 18.5 Å². The summed E-state index contributed by atoms with van der Waals surface area (Å²) in [4.78, 5) is 8.35. The molecule has 6 heteroatoms. The van der Waals surface area contributed by atoms with E-state index in [0.717, 1.165) is 5.56 Å². The van der Waals surface area contributed by atoms with Gasteiger partial charge in [-0.3, -0.25) is 0 Å². The van der Waals surface area contributed by atoms with Gasteiger partial charge in [0.05, 0.1) is 11.5 Å². The lowest BCUT2D eigenvalue weighted by molar-refractivity contribution is 0.601. The van der Waals surface area contributed by atoms with Gasteiger partial charge in [0.25, 0.3) is 0 Å². The van der Waals surface area contributed by atoms with E-state index in [0.29, 0.717) is 25.2 Å². The average molecular weight is 241 g/mol. The summed E-state index contributed by atoms with van der Waals surface area (Å²) in [6.45, 7) is 0.525. The van der Waals surface area contributed by atoms with Crippen LogP contribution in [0.2, 0.25) is 0 Å². The van der Waals surface area contributed by atoms with E-state index >= 15 is 0 Å². The third-order valence-corrected chi connectivity index (χ3v) is 4.57. The zero-order chi connectivity index (χ0) is 11.6. The Hall–Kier alpha value is -1.01. The van der Waals surface area contributed by atoms with Crippen LogP contribution in [0.3, 0.4) is 0 Å². The van der Waals surface area contributed by atoms with Crippen LogP contribution < -0.4 is 5.73 Å². The molecule has 0 amide bonds. The molecule has 16 heavy (non-hydrogen) atoms. The van der Waals surface area contributed by atoms with Crippen molar-refractivity contribution in [3.05, 3.63) is 23.8 Å². The second kappa shape index (κ2) is 4.47. The Morgan fingerprint density at radius 2 is 2.06 bits per heavy atom. The number of nitrogens with two attached hydrogens (primary N) is 1. The maximum absolute atomic E-state index is 11.3. The monoisotopic (exact) mass is 241 g/mol. The van der Waals surface area contributed by atoms with Crippen LogP contribution in [-0.2, 0) is 16.3 Å². The van der Waals surface area contributed by atoms with Crippen LogP contribution in [0.1, 0.15) is 23.7 Å². The van der Waals surface area contributed by atoms with Crippen molar-refractivity contribution in [1.29, 1.82) is 0 Å². The first-order chi connectivity index (χ1) is 7.61. The van der Waals surface area contributed by atoms with Crippen molar-refractivity contribution in [3.63, 3.8) is 0 Å². The van der Waals surface area contributed by atoms with E-state index in [9.17, 15) is 8.42 Å². The smallest absolute Gasteiger partial charge is 0.150 e. The summed E-state index contributed by atoms with van der Waals surface area (Å²) in [5, 5.41) is 0. The van der Waals surface area contributed by atoms with Crippen LogP contribution >= 0.6 is 0 Å². The standard InChI is InChI=1S/C10H15N3O2S/c11-3-1-10-12-5-9(6-13-10)8-2-4-16(14,15)7-8/h5-6,8H,1-4,7,11H2. The summed E-state index contributed by atoms with van der Waals surface area (Å²) in [5.41, 5.74) is 6.32. The highest BCUT2D eigenvalue weighted by Gasteiger charge is 2.29. The molecule has 88 valence electrons. The Balaban J connectivity index is 2.11. The zero-order valence-corrected chi connectivity index (χ0v) is 9.78. The molecular weight excluding hydrogens is 226 g/mol. The predicted molar refractivity (Wildman–Crippen MR) is 60.8 cm³/mol. The third kappa shape index (κ3) is 2.56. The van der Waals surface area contributed by atoms with E-state index in [1.807, 2.05) is 0 Å². The van der Waals surface area contributed by atoms with Crippen LogP contribution in [0.5, 0.6) is 0 Å². The molecule has 1 aliphatic heterocycles. The Labute approximate surface area is 95.0 Å². The van der Waals surface area contributed by atoms with E-state index in [4.69, 9.17) is 5.73 Å². The van der Waals surface area contributed by atoms with Crippen molar-refractivity contribution in [2.75, 3.05) is 18.1 Å². The van der Waals surface area contributed by atoms with E-state index in [1.54, 1.807) is 12.4 Å². The number of nitrogens with zero attached hydrogens (tertiary/aromatic N) is 2. The summed E-state index contributed by atoms with van der Waals surface area (Å²) >= 11 is 0. The van der Waals surface area contributed by atoms with Crippen LogP contribution in [-0.4, -0.2) is 36.4 Å². The van der Waals surface area contributed by atoms with Crippen molar-refractivity contribution >= 4 is 9.84 Å². The fraction of sp³-hybridized carbons (Fsp3) is 0.600. The molecular formula is C10H15N3O2S. The van der Waals surface area contributed by atoms with Gasteiger partial charge in [-0.1, -0.05) is 0 Å². The minimum Gasteiger partial charge on any atom is -0.330 e. The summed E-state index contributed by atoms with van der Waals surface area (Å²) in [5.74, 6) is 1.29. The molecule has 2 N–H and O–H groups in total. The summed E-state index contributed by atoms with van der Waals surface area (Å²) in [6, 6.07) is 0. The van der Waals surface area contributed by atoms with Crippen LogP contribution in [0.25, 0.3) is 0 Å².